The fourth-order valence-electron chi connectivity index (χ4n) is 2.49. The topological polar surface area (TPSA) is 26.7 Å². The average molecular weight is 269 g/mol. The van der Waals surface area contributed by atoms with Gasteiger partial charge >= 0.3 is 0 Å². The molecular weight excluding hydrogens is 248 g/mol. The minimum atomic E-state index is 0.0711. The summed E-state index contributed by atoms with van der Waals surface area (Å²) in [7, 11) is 0. The molecule has 2 rings (SSSR count). The summed E-state index contributed by atoms with van der Waals surface area (Å²) < 4.78 is 0. The first kappa shape index (κ1) is 13.7. The number of nitrogens with zero attached hydrogens (tertiary/aromatic N) is 2. The standard InChI is InChI=1S/C14H21ClN2O/c1-2-5-16-6-8-17(9-7-16)14-10-13(15)4-3-12(14)11-18/h3-4,10,18H,2,5-9,11H2,1H3. The summed E-state index contributed by atoms with van der Waals surface area (Å²) >= 11 is 6.05. The van der Waals surface area contributed by atoms with Gasteiger partial charge in [0.15, 0.2) is 0 Å². The molecule has 1 aliphatic heterocycles. The predicted octanol–water partition coefficient (Wildman–Crippen LogP) is 2.36. The van der Waals surface area contributed by atoms with Gasteiger partial charge in [-0.1, -0.05) is 24.6 Å². The van der Waals surface area contributed by atoms with Crippen LogP contribution in [0.2, 0.25) is 5.02 Å². The molecule has 0 unspecified atom stereocenters. The molecule has 1 fully saturated rings. The molecule has 1 aromatic rings. The number of anilines is 1. The minimum Gasteiger partial charge on any atom is -0.392 e. The van der Waals surface area contributed by atoms with E-state index in [2.05, 4.69) is 16.7 Å². The first-order valence-corrected chi connectivity index (χ1v) is 6.99. The quantitative estimate of drug-likeness (QED) is 0.908. The Morgan fingerprint density at radius 2 is 1.94 bits per heavy atom. The number of aliphatic hydroxyl groups is 1. The fourth-order valence-corrected chi connectivity index (χ4v) is 2.66. The molecular formula is C14H21ClN2O. The molecule has 0 aliphatic carbocycles. The van der Waals surface area contributed by atoms with Crippen LogP contribution in [0.4, 0.5) is 5.69 Å². The smallest absolute Gasteiger partial charge is 0.0702 e. The first-order chi connectivity index (χ1) is 8.74. The van der Waals surface area contributed by atoms with Crippen LogP contribution in [-0.2, 0) is 6.61 Å². The summed E-state index contributed by atoms with van der Waals surface area (Å²) in [4.78, 5) is 4.81. The van der Waals surface area contributed by atoms with E-state index >= 15 is 0 Å². The molecule has 0 spiro atoms. The van der Waals surface area contributed by atoms with Gasteiger partial charge in [0.05, 0.1) is 6.61 Å². The SMILES string of the molecule is CCCN1CCN(c2cc(Cl)ccc2CO)CC1. The van der Waals surface area contributed by atoms with Gasteiger partial charge in [0, 0.05) is 42.5 Å². The van der Waals surface area contributed by atoms with E-state index in [0.717, 1.165) is 42.5 Å². The molecule has 4 heteroatoms. The molecule has 18 heavy (non-hydrogen) atoms. The maximum atomic E-state index is 9.40. The van der Waals surface area contributed by atoms with Gasteiger partial charge in [-0.2, -0.15) is 0 Å². The Morgan fingerprint density at radius 3 is 2.56 bits per heavy atom. The molecule has 0 aromatic heterocycles. The molecule has 0 atom stereocenters. The highest BCUT2D eigenvalue weighted by Crippen LogP contribution is 2.26. The molecule has 3 nitrogen and oxygen atoms in total. The lowest BCUT2D eigenvalue weighted by Crippen LogP contribution is -2.46. The third-order valence-electron chi connectivity index (χ3n) is 3.47. The summed E-state index contributed by atoms with van der Waals surface area (Å²) in [6.45, 7) is 7.66. The van der Waals surface area contributed by atoms with Crippen LogP contribution in [0.3, 0.4) is 0 Å². The number of hydrogen-bond donors (Lipinski definition) is 1. The number of halogens is 1. The van der Waals surface area contributed by atoms with Gasteiger partial charge in [0.25, 0.3) is 0 Å². The Hall–Kier alpha value is -0.770. The lowest BCUT2D eigenvalue weighted by molar-refractivity contribution is 0.256. The number of hydrogen-bond acceptors (Lipinski definition) is 3. The van der Waals surface area contributed by atoms with E-state index < -0.39 is 0 Å². The highest BCUT2D eigenvalue weighted by molar-refractivity contribution is 6.30. The number of piperazine rings is 1. The highest BCUT2D eigenvalue weighted by Gasteiger charge is 2.18. The summed E-state index contributed by atoms with van der Waals surface area (Å²) in [6, 6.07) is 5.71. The monoisotopic (exact) mass is 268 g/mol. The molecule has 1 aromatic carbocycles. The van der Waals surface area contributed by atoms with E-state index in [4.69, 9.17) is 11.6 Å². The largest absolute Gasteiger partial charge is 0.392 e. The third-order valence-corrected chi connectivity index (χ3v) is 3.71. The second-order valence-corrected chi connectivity index (χ2v) is 5.20. The Labute approximate surface area is 114 Å². The van der Waals surface area contributed by atoms with Crippen molar-refractivity contribution in [1.29, 1.82) is 0 Å². The molecule has 1 N–H and O–H groups in total. The van der Waals surface area contributed by atoms with Gasteiger partial charge < -0.3 is 10.0 Å². The molecule has 0 saturated carbocycles. The second-order valence-electron chi connectivity index (χ2n) is 4.76. The van der Waals surface area contributed by atoms with Gasteiger partial charge in [-0.25, -0.2) is 0 Å². The maximum Gasteiger partial charge on any atom is 0.0702 e. The zero-order valence-corrected chi connectivity index (χ0v) is 11.7. The van der Waals surface area contributed by atoms with Crippen molar-refractivity contribution in [1.82, 2.24) is 4.90 Å². The van der Waals surface area contributed by atoms with Gasteiger partial charge in [-0.3, -0.25) is 4.90 Å². The van der Waals surface area contributed by atoms with Gasteiger partial charge in [-0.05, 0) is 25.1 Å². The zero-order valence-electron chi connectivity index (χ0n) is 10.9. The third kappa shape index (κ3) is 3.16. The van der Waals surface area contributed by atoms with Crippen LogP contribution in [0.1, 0.15) is 18.9 Å². The molecule has 100 valence electrons. The van der Waals surface area contributed by atoms with Gasteiger partial charge in [-0.15, -0.1) is 0 Å². The van der Waals surface area contributed by atoms with Crippen molar-refractivity contribution in [2.75, 3.05) is 37.6 Å². The Bertz CT molecular complexity index is 389. The van der Waals surface area contributed by atoms with Crippen LogP contribution in [0.15, 0.2) is 18.2 Å². The van der Waals surface area contributed by atoms with Crippen molar-refractivity contribution < 1.29 is 5.11 Å². The zero-order chi connectivity index (χ0) is 13.0. The average Bonchev–Trinajstić information content (AvgIpc) is 2.40. The lowest BCUT2D eigenvalue weighted by Gasteiger charge is -2.36. The van der Waals surface area contributed by atoms with Gasteiger partial charge in [0.1, 0.15) is 0 Å². The fraction of sp³-hybridized carbons (Fsp3) is 0.571. The Morgan fingerprint density at radius 1 is 1.22 bits per heavy atom. The van der Waals surface area contributed by atoms with Crippen molar-refractivity contribution in [2.24, 2.45) is 0 Å². The normalized spacial score (nSPS) is 17.2. The van der Waals surface area contributed by atoms with Crippen LogP contribution < -0.4 is 4.90 Å². The lowest BCUT2D eigenvalue weighted by atomic mass is 10.1. The first-order valence-electron chi connectivity index (χ1n) is 6.61. The molecule has 0 amide bonds. The van der Waals surface area contributed by atoms with Crippen molar-refractivity contribution >= 4 is 17.3 Å². The van der Waals surface area contributed by atoms with E-state index in [1.807, 2.05) is 18.2 Å². The highest BCUT2D eigenvalue weighted by atomic mass is 35.5. The van der Waals surface area contributed by atoms with Crippen LogP contribution in [0.5, 0.6) is 0 Å². The molecule has 1 saturated heterocycles. The van der Waals surface area contributed by atoms with Crippen molar-refractivity contribution in [2.45, 2.75) is 20.0 Å². The number of aliphatic hydroxyl groups excluding tert-OH is 1. The predicted molar refractivity (Wildman–Crippen MR) is 76.3 cm³/mol. The van der Waals surface area contributed by atoms with Crippen LogP contribution in [0, 0.1) is 0 Å². The van der Waals surface area contributed by atoms with E-state index in [-0.39, 0.29) is 6.61 Å². The molecule has 0 bridgehead atoms. The molecule has 1 heterocycles. The Kier molecular flexibility index (Phi) is 4.87. The summed E-state index contributed by atoms with van der Waals surface area (Å²) in [5, 5.41) is 10.1. The molecule has 1 aliphatic rings. The van der Waals surface area contributed by atoms with Crippen molar-refractivity contribution in [3.05, 3.63) is 28.8 Å². The van der Waals surface area contributed by atoms with E-state index in [1.165, 1.54) is 13.0 Å². The maximum absolute atomic E-state index is 9.40. The van der Waals surface area contributed by atoms with Crippen LogP contribution in [0.25, 0.3) is 0 Å². The summed E-state index contributed by atoms with van der Waals surface area (Å²) in [5.41, 5.74) is 2.05. The molecule has 0 radical (unpaired) electrons. The number of rotatable bonds is 4. The van der Waals surface area contributed by atoms with Crippen molar-refractivity contribution in [3.8, 4) is 0 Å². The van der Waals surface area contributed by atoms with E-state index in [1.54, 1.807) is 0 Å². The van der Waals surface area contributed by atoms with Crippen LogP contribution >= 0.6 is 11.6 Å². The summed E-state index contributed by atoms with van der Waals surface area (Å²) in [6.07, 6.45) is 1.21. The number of benzene rings is 1. The second kappa shape index (κ2) is 6.41. The summed E-state index contributed by atoms with van der Waals surface area (Å²) in [5.74, 6) is 0. The van der Waals surface area contributed by atoms with E-state index in [9.17, 15) is 5.11 Å². The Balaban J connectivity index is 2.06. The van der Waals surface area contributed by atoms with Crippen molar-refractivity contribution in [3.63, 3.8) is 0 Å². The minimum absolute atomic E-state index is 0.0711. The van der Waals surface area contributed by atoms with Gasteiger partial charge in [0.2, 0.25) is 0 Å². The van der Waals surface area contributed by atoms with Crippen LogP contribution in [-0.4, -0.2) is 42.7 Å². The van der Waals surface area contributed by atoms with E-state index in [0.29, 0.717) is 0 Å².